The maximum atomic E-state index is 11.6. The molecule has 0 fully saturated rings. The van der Waals surface area contributed by atoms with E-state index in [-0.39, 0.29) is 5.56 Å². The van der Waals surface area contributed by atoms with Crippen molar-refractivity contribution in [2.75, 3.05) is 7.11 Å². The second-order valence-corrected chi connectivity index (χ2v) is 5.16. The van der Waals surface area contributed by atoms with Gasteiger partial charge in [-0.1, -0.05) is 6.92 Å². The highest BCUT2D eigenvalue weighted by molar-refractivity contribution is 6.03. The molecule has 1 N–H and O–H groups in total. The third-order valence-corrected chi connectivity index (χ3v) is 3.90. The zero-order valence-corrected chi connectivity index (χ0v) is 12.7. The van der Waals surface area contributed by atoms with Crippen LogP contribution >= 0.6 is 0 Å². The van der Waals surface area contributed by atoms with Crippen molar-refractivity contribution in [3.05, 3.63) is 41.8 Å². The zero-order chi connectivity index (χ0) is 15.9. The molecule has 0 aliphatic rings. The summed E-state index contributed by atoms with van der Waals surface area (Å²) in [6.45, 7) is 1.91. The number of furan rings is 1. The molecule has 0 aliphatic carbocycles. The van der Waals surface area contributed by atoms with E-state index in [9.17, 15) is 9.90 Å². The van der Waals surface area contributed by atoms with Gasteiger partial charge in [0.1, 0.15) is 11.3 Å². The lowest BCUT2D eigenvalue weighted by Crippen LogP contribution is -2.00. The molecule has 0 atom stereocenters. The Bertz CT molecular complexity index is 857. The number of methoxy groups -OCH3 is 1. The summed E-state index contributed by atoms with van der Waals surface area (Å²) < 4.78 is 12.8. The van der Waals surface area contributed by atoms with Crippen LogP contribution in [0.5, 0.6) is 5.75 Å². The minimum Gasteiger partial charge on any atom is -0.497 e. The maximum absolute atomic E-state index is 11.6. The van der Waals surface area contributed by atoms with Crippen molar-refractivity contribution in [3.8, 4) is 17.1 Å². The number of carbonyl (C=O) groups is 1. The molecule has 0 spiro atoms. The largest absolute Gasteiger partial charge is 0.497 e. The number of rotatable bonds is 4. The molecule has 2 heterocycles. The van der Waals surface area contributed by atoms with Crippen molar-refractivity contribution in [1.29, 1.82) is 0 Å². The molecule has 5 heteroatoms. The van der Waals surface area contributed by atoms with Crippen LogP contribution in [-0.4, -0.2) is 22.8 Å². The highest BCUT2D eigenvalue weighted by atomic mass is 16.5. The SMILES string of the molecule is CCc1coc(-c2cn(C)c3ccc(OC)cc23)c1C(=O)O. The van der Waals surface area contributed by atoms with Gasteiger partial charge in [0.2, 0.25) is 0 Å². The summed E-state index contributed by atoms with van der Waals surface area (Å²) >= 11 is 0. The molecule has 0 unspecified atom stereocenters. The predicted octanol–water partition coefficient (Wildman–Crippen LogP) is 3.71. The fraction of sp³-hybridized carbons (Fsp3) is 0.235. The van der Waals surface area contributed by atoms with Crippen LogP contribution in [0.4, 0.5) is 0 Å². The lowest BCUT2D eigenvalue weighted by Gasteiger charge is -2.02. The first kappa shape index (κ1) is 14.3. The molecule has 0 saturated heterocycles. The van der Waals surface area contributed by atoms with Crippen molar-refractivity contribution in [1.82, 2.24) is 4.57 Å². The Morgan fingerprint density at radius 2 is 2.18 bits per heavy atom. The third kappa shape index (κ3) is 2.06. The second kappa shape index (κ2) is 5.26. The number of benzene rings is 1. The number of nitrogens with zero attached hydrogens (tertiary/aromatic N) is 1. The van der Waals surface area contributed by atoms with Crippen molar-refractivity contribution >= 4 is 16.9 Å². The van der Waals surface area contributed by atoms with Gasteiger partial charge in [0.05, 0.1) is 13.4 Å². The summed E-state index contributed by atoms with van der Waals surface area (Å²) in [5.41, 5.74) is 2.68. The molecular formula is C17H17NO4. The van der Waals surface area contributed by atoms with Crippen molar-refractivity contribution < 1.29 is 19.1 Å². The normalized spacial score (nSPS) is 11.0. The molecule has 3 aromatic rings. The van der Waals surface area contributed by atoms with Gasteiger partial charge in [-0.3, -0.25) is 0 Å². The van der Waals surface area contributed by atoms with Crippen LogP contribution in [-0.2, 0) is 13.5 Å². The summed E-state index contributed by atoms with van der Waals surface area (Å²) in [6, 6.07) is 5.72. The fourth-order valence-corrected chi connectivity index (χ4v) is 2.77. The average molecular weight is 299 g/mol. The van der Waals surface area contributed by atoms with Gasteiger partial charge in [-0.05, 0) is 24.6 Å². The minimum atomic E-state index is -0.972. The van der Waals surface area contributed by atoms with Crippen molar-refractivity contribution in [2.24, 2.45) is 7.05 Å². The van der Waals surface area contributed by atoms with Gasteiger partial charge in [-0.15, -0.1) is 0 Å². The van der Waals surface area contributed by atoms with Crippen LogP contribution in [0.2, 0.25) is 0 Å². The monoisotopic (exact) mass is 299 g/mol. The maximum Gasteiger partial charge on any atom is 0.339 e. The molecule has 114 valence electrons. The molecule has 22 heavy (non-hydrogen) atoms. The average Bonchev–Trinajstić information content (AvgIpc) is 3.08. The summed E-state index contributed by atoms with van der Waals surface area (Å²) in [6.07, 6.45) is 4.02. The zero-order valence-electron chi connectivity index (χ0n) is 12.7. The number of ether oxygens (including phenoxy) is 1. The molecule has 0 amide bonds. The highest BCUT2D eigenvalue weighted by Gasteiger charge is 2.23. The molecule has 2 aromatic heterocycles. The van der Waals surface area contributed by atoms with Crippen molar-refractivity contribution in [2.45, 2.75) is 13.3 Å². The van der Waals surface area contributed by atoms with E-state index < -0.39 is 5.97 Å². The van der Waals surface area contributed by atoms with Gasteiger partial charge in [0, 0.05) is 35.3 Å². The Kier molecular flexibility index (Phi) is 3.41. The lowest BCUT2D eigenvalue weighted by atomic mass is 10.0. The first-order valence-electron chi connectivity index (χ1n) is 7.03. The number of hydrogen-bond donors (Lipinski definition) is 1. The predicted molar refractivity (Wildman–Crippen MR) is 83.5 cm³/mol. The molecule has 3 rings (SSSR count). The molecule has 0 radical (unpaired) electrons. The quantitative estimate of drug-likeness (QED) is 0.797. The Morgan fingerprint density at radius 3 is 2.82 bits per heavy atom. The third-order valence-electron chi connectivity index (χ3n) is 3.90. The molecule has 1 aromatic carbocycles. The number of aromatic carboxylic acids is 1. The van der Waals surface area contributed by atoms with Gasteiger partial charge in [-0.2, -0.15) is 0 Å². The molecule has 5 nitrogen and oxygen atoms in total. The van der Waals surface area contributed by atoms with E-state index in [1.807, 2.05) is 42.9 Å². The van der Waals surface area contributed by atoms with Crippen LogP contribution in [0.25, 0.3) is 22.2 Å². The standard InChI is InChI=1S/C17H17NO4/c1-4-10-9-22-16(15(10)17(19)20)13-8-18(2)14-6-5-11(21-3)7-12(13)14/h5-9H,4H2,1-3H3,(H,19,20). The van der Waals surface area contributed by atoms with Crippen LogP contribution in [0.15, 0.2) is 35.1 Å². The van der Waals surface area contributed by atoms with Crippen LogP contribution in [0.1, 0.15) is 22.8 Å². The summed E-state index contributed by atoms with van der Waals surface area (Å²) in [5.74, 6) is 0.141. The number of carboxylic acid groups (broad SMARTS) is 1. The van der Waals surface area contributed by atoms with Crippen LogP contribution in [0, 0.1) is 0 Å². The number of fused-ring (bicyclic) bond motifs is 1. The first-order chi connectivity index (χ1) is 10.6. The number of aromatic nitrogens is 1. The number of carboxylic acids is 1. The Morgan fingerprint density at radius 1 is 1.41 bits per heavy atom. The molecule has 0 aliphatic heterocycles. The van der Waals surface area contributed by atoms with E-state index in [4.69, 9.17) is 9.15 Å². The highest BCUT2D eigenvalue weighted by Crippen LogP contribution is 2.36. The first-order valence-corrected chi connectivity index (χ1v) is 7.03. The van der Waals surface area contributed by atoms with Crippen LogP contribution < -0.4 is 4.74 Å². The van der Waals surface area contributed by atoms with Gasteiger partial charge in [-0.25, -0.2) is 4.79 Å². The lowest BCUT2D eigenvalue weighted by molar-refractivity contribution is 0.0696. The van der Waals surface area contributed by atoms with E-state index in [2.05, 4.69) is 0 Å². The molecule has 0 saturated carbocycles. The summed E-state index contributed by atoms with van der Waals surface area (Å²) in [4.78, 5) is 11.6. The van der Waals surface area contributed by atoms with Gasteiger partial charge < -0.3 is 18.8 Å². The minimum absolute atomic E-state index is 0.234. The van der Waals surface area contributed by atoms with E-state index in [1.165, 1.54) is 6.26 Å². The van der Waals surface area contributed by atoms with E-state index in [1.54, 1.807) is 7.11 Å². The topological polar surface area (TPSA) is 64.6 Å². The van der Waals surface area contributed by atoms with Gasteiger partial charge >= 0.3 is 5.97 Å². The molecular weight excluding hydrogens is 282 g/mol. The smallest absolute Gasteiger partial charge is 0.339 e. The second-order valence-electron chi connectivity index (χ2n) is 5.16. The van der Waals surface area contributed by atoms with E-state index >= 15 is 0 Å². The summed E-state index contributed by atoms with van der Waals surface area (Å²) in [7, 11) is 3.52. The van der Waals surface area contributed by atoms with Gasteiger partial charge in [0.15, 0.2) is 5.76 Å². The van der Waals surface area contributed by atoms with Crippen molar-refractivity contribution in [3.63, 3.8) is 0 Å². The number of hydrogen-bond acceptors (Lipinski definition) is 3. The molecule has 0 bridgehead atoms. The van der Waals surface area contributed by atoms with Gasteiger partial charge in [0.25, 0.3) is 0 Å². The van der Waals surface area contributed by atoms with E-state index in [0.29, 0.717) is 17.7 Å². The fourth-order valence-electron chi connectivity index (χ4n) is 2.77. The number of aryl methyl sites for hydroxylation is 2. The van der Waals surface area contributed by atoms with E-state index in [0.717, 1.165) is 22.2 Å². The Labute approximate surface area is 127 Å². The Hall–Kier alpha value is -2.69. The van der Waals surface area contributed by atoms with Crippen LogP contribution in [0.3, 0.4) is 0 Å². The summed E-state index contributed by atoms with van der Waals surface area (Å²) in [5, 5.41) is 10.4. The Balaban J connectivity index is 2.31.